The number of aromatic nitrogens is 2. The summed E-state index contributed by atoms with van der Waals surface area (Å²) in [7, 11) is 0. The number of amides is 1. The molecule has 0 aliphatic carbocycles. The molecule has 0 spiro atoms. The Morgan fingerprint density at radius 2 is 2.33 bits per heavy atom. The van der Waals surface area contributed by atoms with E-state index >= 15 is 0 Å². The second-order valence-electron chi connectivity index (χ2n) is 5.73. The van der Waals surface area contributed by atoms with Gasteiger partial charge in [-0.05, 0) is 25.7 Å². The molecule has 0 unspecified atom stereocenters. The van der Waals surface area contributed by atoms with Crippen LogP contribution in [-0.2, 0) is 9.53 Å². The second kappa shape index (κ2) is 6.85. The summed E-state index contributed by atoms with van der Waals surface area (Å²) in [5, 5.41) is 3.04. The molecule has 2 saturated heterocycles. The summed E-state index contributed by atoms with van der Waals surface area (Å²) in [6.07, 6.45) is 9.42. The molecule has 6 heteroatoms. The van der Waals surface area contributed by atoms with Gasteiger partial charge in [-0.15, -0.1) is 0 Å². The minimum Gasteiger partial charge on any atom is -0.376 e. The van der Waals surface area contributed by atoms with Gasteiger partial charge in [0.1, 0.15) is 5.82 Å². The van der Waals surface area contributed by atoms with Crippen molar-refractivity contribution in [3.63, 3.8) is 0 Å². The van der Waals surface area contributed by atoms with Crippen LogP contribution in [0.1, 0.15) is 25.7 Å². The maximum absolute atomic E-state index is 12.3. The van der Waals surface area contributed by atoms with Gasteiger partial charge in [-0.3, -0.25) is 9.78 Å². The third-order valence-electron chi connectivity index (χ3n) is 4.19. The van der Waals surface area contributed by atoms with Crippen LogP contribution in [0.15, 0.2) is 18.6 Å². The van der Waals surface area contributed by atoms with Gasteiger partial charge in [0.2, 0.25) is 5.91 Å². The fraction of sp³-hybridized carbons (Fsp3) is 0.667. The van der Waals surface area contributed by atoms with Crippen LogP contribution in [0.5, 0.6) is 0 Å². The van der Waals surface area contributed by atoms with E-state index in [0.29, 0.717) is 6.54 Å². The largest absolute Gasteiger partial charge is 0.376 e. The molecule has 0 aromatic carbocycles. The predicted molar refractivity (Wildman–Crippen MR) is 79.0 cm³/mol. The zero-order valence-electron chi connectivity index (χ0n) is 12.2. The third kappa shape index (κ3) is 3.69. The van der Waals surface area contributed by atoms with Crippen molar-refractivity contribution in [2.45, 2.75) is 31.8 Å². The van der Waals surface area contributed by atoms with E-state index < -0.39 is 0 Å². The number of anilines is 1. The Hall–Kier alpha value is -1.69. The molecule has 2 aliphatic heterocycles. The molecule has 0 bridgehead atoms. The molecule has 21 heavy (non-hydrogen) atoms. The van der Waals surface area contributed by atoms with Crippen molar-refractivity contribution >= 4 is 11.7 Å². The van der Waals surface area contributed by atoms with E-state index in [1.807, 2.05) is 0 Å². The number of hydrogen-bond acceptors (Lipinski definition) is 5. The van der Waals surface area contributed by atoms with Gasteiger partial charge in [-0.25, -0.2) is 4.98 Å². The molecule has 2 aliphatic rings. The normalized spacial score (nSPS) is 25.8. The number of nitrogens with one attached hydrogen (secondary N) is 1. The number of carbonyl (C=O) groups excluding carboxylic acids is 1. The number of nitrogens with zero attached hydrogens (tertiary/aromatic N) is 3. The number of piperidine rings is 1. The Balaban J connectivity index is 1.51. The lowest BCUT2D eigenvalue weighted by molar-refractivity contribution is -0.125. The first kappa shape index (κ1) is 14.3. The molecular formula is C15H22N4O2. The highest BCUT2D eigenvalue weighted by atomic mass is 16.5. The summed E-state index contributed by atoms with van der Waals surface area (Å²) in [5.41, 5.74) is 0. The molecule has 1 aromatic heterocycles. The quantitative estimate of drug-likeness (QED) is 0.895. The molecule has 2 fully saturated rings. The molecule has 114 valence electrons. The Bertz CT molecular complexity index is 462. The second-order valence-corrected chi connectivity index (χ2v) is 5.73. The predicted octanol–water partition coefficient (Wildman–Crippen LogP) is 0.988. The molecule has 3 rings (SSSR count). The topological polar surface area (TPSA) is 67.3 Å². The van der Waals surface area contributed by atoms with Crippen molar-refractivity contribution < 1.29 is 9.53 Å². The van der Waals surface area contributed by atoms with Gasteiger partial charge in [0, 0.05) is 38.6 Å². The average Bonchev–Trinajstić information content (AvgIpc) is 3.07. The summed E-state index contributed by atoms with van der Waals surface area (Å²) in [6.45, 7) is 3.12. The molecule has 2 atom stereocenters. The monoisotopic (exact) mass is 290 g/mol. The van der Waals surface area contributed by atoms with Gasteiger partial charge in [0.05, 0.1) is 18.2 Å². The highest BCUT2D eigenvalue weighted by Crippen LogP contribution is 2.21. The van der Waals surface area contributed by atoms with Crippen LogP contribution >= 0.6 is 0 Å². The molecule has 6 nitrogen and oxygen atoms in total. The zero-order chi connectivity index (χ0) is 14.5. The van der Waals surface area contributed by atoms with Crippen molar-refractivity contribution in [3.8, 4) is 0 Å². The van der Waals surface area contributed by atoms with E-state index in [9.17, 15) is 4.79 Å². The highest BCUT2D eigenvalue weighted by Gasteiger charge is 2.27. The van der Waals surface area contributed by atoms with Crippen LogP contribution in [0.25, 0.3) is 0 Å². The smallest absolute Gasteiger partial charge is 0.224 e. The van der Waals surface area contributed by atoms with Crippen LogP contribution in [0.3, 0.4) is 0 Å². The third-order valence-corrected chi connectivity index (χ3v) is 4.19. The number of carbonyl (C=O) groups is 1. The Morgan fingerprint density at radius 3 is 3.10 bits per heavy atom. The number of hydrogen-bond donors (Lipinski definition) is 1. The van der Waals surface area contributed by atoms with E-state index in [0.717, 1.165) is 51.2 Å². The van der Waals surface area contributed by atoms with Crippen LogP contribution in [0.2, 0.25) is 0 Å². The first-order valence-electron chi connectivity index (χ1n) is 7.73. The van der Waals surface area contributed by atoms with Gasteiger partial charge in [-0.2, -0.15) is 0 Å². The first-order valence-corrected chi connectivity index (χ1v) is 7.73. The number of rotatable bonds is 4. The van der Waals surface area contributed by atoms with E-state index in [4.69, 9.17) is 4.74 Å². The van der Waals surface area contributed by atoms with Crippen LogP contribution < -0.4 is 10.2 Å². The molecule has 1 amide bonds. The Morgan fingerprint density at radius 1 is 1.38 bits per heavy atom. The Labute approximate surface area is 124 Å². The molecule has 0 saturated carbocycles. The van der Waals surface area contributed by atoms with E-state index in [2.05, 4.69) is 20.2 Å². The molecule has 0 radical (unpaired) electrons. The van der Waals surface area contributed by atoms with Gasteiger partial charge >= 0.3 is 0 Å². The summed E-state index contributed by atoms with van der Waals surface area (Å²) in [5.74, 6) is 1.02. The lowest BCUT2D eigenvalue weighted by atomic mass is 9.97. The van der Waals surface area contributed by atoms with Crippen molar-refractivity contribution in [1.29, 1.82) is 0 Å². The molecule has 3 heterocycles. The summed E-state index contributed by atoms with van der Waals surface area (Å²) in [6, 6.07) is 0. The molecule has 1 N–H and O–H groups in total. The molecule has 1 aromatic rings. The van der Waals surface area contributed by atoms with Crippen molar-refractivity contribution in [1.82, 2.24) is 15.3 Å². The fourth-order valence-corrected chi connectivity index (χ4v) is 3.02. The fourth-order valence-electron chi connectivity index (χ4n) is 3.02. The van der Waals surface area contributed by atoms with Gasteiger partial charge in [-0.1, -0.05) is 0 Å². The van der Waals surface area contributed by atoms with Crippen molar-refractivity contribution in [2.75, 3.05) is 31.1 Å². The van der Waals surface area contributed by atoms with Crippen LogP contribution in [0.4, 0.5) is 5.82 Å². The van der Waals surface area contributed by atoms with Gasteiger partial charge in [0.25, 0.3) is 0 Å². The van der Waals surface area contributed by atoms with Crippen molar-refractivity contribution in [3.05, 3.63) is 18.6 Å². The Kier molecular flexibility index (Phi) is 4.65. The van der Waals surface area contributed by atoms with E-state index in [1.165, 1.54) is 0 Å². The summed E-state index contributed by atoms with van der Waals surface area (Å²) in [4.78, 5) is 22.9. The maximum Gasteiger partial charge on any atom is 0.224 e. The SMILES string of the molecule is O=C(NC[C@@H]1CCCO1)[C@@H]1CCCN(c2cnccn2)C1. The average molecular weight is 290 g/mol. The zero-order valence-corrected chi connectivity index (χ0v) is 12.2. The number of ether oxygens (including phenoxy) is 1. The van der Waals surface area contributed by atoms with Gasteiger partial charge < -0.3 is 15.0 Å². The summed E-state index contributed by atoms with van der Waals surface area (Å²) < 4.78 is 5.54. The van der Waals surface area contributed by atoms with Crippen LogP contribution in [-0.4, -0.2) is 48.2 Å². The lowest BCUT2D eigenvalue weighted by Crippen LogP contribution is -2.44. The van der Waals surface area contributed by atoms with Crippen LogP contribution in [0, 0.1) is 5.92 Å². The standard InChI is InChI=1S/C15H22N4O2/c20-15(18-9-13-4-2-8-21-13)12-3-1-7-19(11-12)14-10-16-5-6-17-14/h5-6,10,12-13H,1-4,7-9,11H2,(H,18,20)/t12-,13+/m1/s1. The molecular weight excluding hydrogens is 268 g/mol. The lowest BCUT2D eigenvalue weighted by Gasteiger charge is -2.32. The first-order chi connectivity index (χ1) is 10.3. The summed E-state index contributed by atoms with van der Waals surface area (Å²) >= 11 is 0. The van der Waals surface area contributed by atoms with Crippen molar-refractivity contribution in [2.24, 2.45) is 5.92 Å². The van der Waals surface area contributed by atoms with E-state index in [1.54, 1.807) is 18.6 Å². The van der Waals surface area contributed by atoms with Gasteiger partial charge in [0.15, 0.2) is 0 Å². The van der Waals surface area contributed by atoms with E-state index in [-0.39, 0.29) is 17.9 Å². The minimum atomic E-state index is 0.0298. The maximum atomic E-state index is 12.3. The highest BCUT2D eigenvalue weighted by molar-refractivity contribution is 5.79. The minimum absolute atomic E-state index is 0.0298.